The van der Waals surface area contributed by atoms with Gasteiger partial charge in [0.25, 0.3) is 11.8 Å². The molecule has 0 bridgehead atoms. The number of carbonyl (C=O) groups is 11. The lowest BCUT2D eigenvalue weighted by molar-refractivity contribution is -0.160. The standard InChI is InChI=1S/C57H82N12O16/c1-9-29(7)40(59)52(79)69-44-47(28(5)6)85-57(84)37(23-31-17-12-11-13-18-31)63-49(76)36(21-16-22-58)62-55(82)43(46(74)33-24-60-35-20-15-14-19-32(33)35)68-50(77)38(25-70)64-48(75)34(10-2)61-54(81)42(45(73)27(3)4)67-51(78)39(26-71)65-53(80)41(30(8)72)66-56(44)83/h10-15,17-20,24,27-30,36-45,47,60,70-73H,9,16,21-23,25-26,58-59H2,1-8H3,(H,61,81)(H,62,82)(H,63,76)(H,64,75)(H,65,80)(H,66,83)(H,67,78)(H,68,77)(H,69,79). The van der Waals surface area contributed by atoms with E-state index in [1.54, 1.807) is 68.4 Å². The Morgan fingerprint density at radius 3 is 1.86 bits per heavy atom. The number of nitrogens with one attached hydrogen (secondary N) is 10. The Morgan fingerprint density at radius 1 is 0.694 bits per heavy atom. The first kappa shape index (κ1) is 69.3. The highest BCUT2D eigenvalue weighted by Gasteiger charge is 2.43. The van der Waals surface area contributed by atoms with E-state index in [1.165, 1.54) is 40.8 Å². The van der Waals surface area contributed by atoms with Gasteiger partial charge in [-0.25, -0.2) is 4.79 Å². The van der Waals surface area contributed by atoms with E-state index in [9.17, 15) is 73.2 Å². The summed E-state index contributed by atoms with van der Waals surface area (Å²) in [6, 6.07) is -1.92. The van der Waals surface area contributed by atoms with Crippen molar-refractivity contribution in [2.75, 3.05) is 19.8 Å². The number of para-hydroxylation sites is 1. The molecule has 0 radical (unpaired) electrons. The lowest BCUT2D eigenvalue weighted by Crippen LogP contribution is -2.65. The molecule has 0 spiro atoms. The van der Waals surface area contributed by atoms with Crippen molar-refractivity contribution >= 4 is 75.8 Å². The second-order valence-electron chi connectivity index (χ2n) is 21.4. The molecule has 0 aliphatic carbocycles. The van der Waals surface area contributed by atoms with Crippen molar-refractivity contribution < 1.29 is 77.9 Å². The summed E-state index contributed by atoms with van der Waals surface area (Å²) in [5.74, 6) is -15.3. The van der Waals surface area contributed by atoms with Crippen LogP contribution >= 0.6 is 0 Å². The van der Waals surface area contributed by atoms with Gasteiger partial charge in [-0.1, -0.05) is 103 Å². The van der Waals surface area contributed by atoms with Crippen molar-refractivity contribution in [2.24, 2.45) is 29.2 Å². The molecule has 2 heterocycles. The quantitative estimate of drug-likeness (QED) is 0.0271. The molecule has 0 saturated carbocycles. The Balaban J connectivity index is 1.95. The minimum absolute atomic E-state index is 0.0325. The van der Waals surface area contributed by atoms with Crippen LogP contribution in [0.15, 0.2) is 72.6 Å². The number of carbonyl (C=O) groups excluding carboxylic acids is 11. The van der Waals surface area contributed by atoms with Crippen molar-refractivity contribution in [1.29, 1.82) is 0 Å². The molecular weight excluding hydrogens is 1110 g/mol. The molecule has 1 saturated heterocycles. The highest BCUT2D eigenvalue weighted by molar-refractivity contribution is 6.20. The summed E-state index contributed by atoms with van der Waals surface area (Å²) >= 11 is 0. The van der Waals surface area contributed by atoms with E-state index in [4.69, 9.17) is 16.2 Å². The number of Topliss-reactive ketones (excluding diaryl/α,β-unsaturated/α-hetero) is 1. The molecule has 28 nitrogen and oxygen atoms in total. The van der Waals surface area contributed by atoms with E-state index in [0.717, 1.165) is 13.0 Å². The number of ketones is 1. The number of ether oxygens (including phenoxy) is 1. The van der Waals surface area contributed by atoms with Gasteiger partial charge in [-0.3, -0.25) is 47.9 Å². The third kappa shape index (κ3) is 18.9. The van der Waals surface area contributed by atoms with Gasteiger partial charge in [0.2, 0.25) is 41.4 Å². The fourth-order valence-electron chi connectivity index (χ4n) is 8.90. The number of aromatic amines is 1. The summed E-state index contributed by atoms with van der Waals surface area (Å²) in [6.45, 7) is 9.35. The van der Waals surface area contributed by atoms with Gasteiger partial charge in [0.05, 0.1) is 31.5 Å². The maximum atomic E-state index is 14.8. The monoisotopic (exact) mass is 1190 g/mol. The molecule has 466 valence electrons. The molecule has 1 aliphatic rings. The number of aromatic nitrogens is 1. The smallest absolute Gasteiger partial charge is 0.329 e. The van der Waals surface area contributed by atoms with Crippen LogP contribution in [0.25, 0.3) is 10.9 Å². The Kier molecular flexibility index (Phi) is 26.7. The lowest BCUT2D eigenvalue weighted by Gasteiger charge is -2.34. The molecule has 13 unspecified atom stereocenters. The Bertz CT molecular complexity index is 2880. The highest BCUT2D eigenvalue weighted by atomic mass is 16.5. The molecule has 9 amide bonds. The summed E-state index contributed by atoms with van der Waals surface area (Å²) in [6.07, 6.45) is -2.94. The summed E-state index contributed by atoms with van der Waals surface area (Å²) in [4.78, 5) is 160. The average Bonchev–Trinajstić information content (AvgIpc) is 3.29. The first-order valence-electron chi connectivity index (χ1n) is 28.0. The van der Waals surface area contributed by atoms with Gasteiger partial charge in [0, 0.05) is 29.1 Å². The maximum Gasteiger partial charge on any atom is 0.329 e. The van der Waals surface area contributed by atoms with Gasteiger partial charge >= 0.3 is 5.97 Å². The minimum atomic E-state index is -2.22. The number of cyclic esters (lactones) is 1. The van der Waals surface area contributed by atoms with Crippen molar-refractivity contribution in [1.82, 2.24) is 52.8 Å². The van der Waals surface area contributed by atoms with Crippen molar-refractivity contribution in [3.8, 4) is 0 Å². The van der Waals surface area contributed by atoms with E-state index < -0.39 is 174 Å². The number of H-pyrrole nitrogens is 1. The van der Waals surface area contributed by atoms with Crippen LogP contribution in [0.3, 0.4) is 0 Å². The first-order valence-corrected chi connectivity index (χ1v) is 28.0. The second kappa shape index (κ2) is 32.8. The maximum absolute atomic E-state index is 14.8. The van der Waals surface area contributed by atoms with Crippen LogP contribution < -0.4 is 59.3 Å². The van der Waals surface area contributed by atoms with Crippen LogP contribution in [0.1, 0.15) is 90.6 Å². The summed E-state index contributed by atoms with van der Waals surface area (Å²) in [5, 5.41) is 64.6. The molecule has 18 N–H and O–H groups in total. The van der Waals surface area contributed by atoms with E-state index in [1.807, 2.05) is 0 Å². The number of nitrogens with two attached hydrogens (primary N) is 2. The van der Waals surface area contributed by atoms with Gasteiger partial charge in [-0.05, 0) is 62.6 Å². The average molecular weight is 1190 g/mol. The van der Waals surface area contributed by atoms with Crippen LogP contribution in [-0.2, 0) is 59.1 Å². The number of rotatable bonds is 17. The summed E-state index contributed by atoms with van der Waals surface area (Å²) in [5.41, 5.74) is 12.4. The zero-order valence-electron chi connectivity index (χ0n) is 48.8. The molecule has 4 rings (SSSR count). The Labute approximate surface area is 491 Å². The summed E-state index contributed by atoms with van der Waals surface area (Å²) < 4.78 is 6.09. The second-order valence-corrected chi connectivity index (χ2v) is 21.4. The molecule has 28 heteroatoms. The minimum Gasteiger partial charge on any atom is -0.458 e. The largest absolute Gasteiger partial charge is 0.458 e. The number of fused-ring (bicyclic) bond motifs is 1. The molecule has 1 fully saturated rings. The van der Waals surface area contributed by atoms with E-state index in [-0.39, 0.29) is 31.4 Å². The van der Waals surface area contributed by atoms with Crippen LogP contribution in [0.2, 0.25) is 0 Å². The molecule has 2 aromatic carbocycles. The molecular formula is C57H82N12O16. The SMILES string of the molecule is CC=C1NC(=O)C(C(O)C(C)C)NC(=O)C(CO)NC(=O)C(C(C)O)NC(=O)C(NC(=O)C(N)C(C)CC)C(C(C)C)OC(=O)C(Cc2ccccc2)NC(=O)C(CCCN)NC(=O)C(C(=O)c2c[nH]c3ccccc23)NC(=O)C(CO)NC1=O. The summed E-state index contributed by atoms with van der Waals surface area (Å²) in [7, 11) is 0. The number of benzene rings is 2. The zero-order chi connectivity index (χ0) is 63.4. The highest BCUT2D eigenvalue weighted by Crippen LogP contribution is 2.21. The normalized spacial score (nSPS) is 25.3. The predicted octanol–water partition coefficient (Wildman–Crippen LogP) is -3.43. The van der Waals surface area contributed by atoms with Crippen LogP contribution in [0, 0.1) is 17.8 Å². The number of aliphatic hydroxyl groups is 4. The molecule has 1 aromatic heterocycles. The van der Waals surface area contributed by atoms with Crippen molar-refractivity contribution in [3.05, 3.63) is 83.7 Å². The van der Waals surface area contributed by atoms with Crippen LogP contribution in [0.4, 0.5) is 0 Å². The topological polar surface area (TPSA) is 454 Å². The first-order chi connectivity index (χ1) is 40.2. The van der Waals surface area contributed by atoms with Gasteiger partial charge in [-0.2, -0.15) is 0 Å². The van der Waals surface area contributed by atoms with Gasteiger partial charge in [0.1, 0.15) is 54.1 Å². The molecule has 85 heavy (non-hydrogen) atoms. The Morgan fingerprint density at radius 2 is 1.27 bits per heavy atom. The third-order valence-electron chi connectivity index (χ3n) is 14.3. The fraction of sp³-hybridized carbons (Fsp3) is 0.526. The fourth-order valence-corrected chi connectivity index (χ4v) is 8.90. The van der Waals surface area contributed by atoms with E-state index >= 15 is 0 Å². The number of allylic oxidation sites excluding steroid dienone is 1. The van der Waals surface area contributed by atoms with Gasteiger partial charge in [0.15, 0.2) is 11.8 Å². The number of amides is 9. The van der Waals surface area contributed by atoms with Crippen LogP contribution in [-0.4, -0.2) is 183 Å². The van der Waals surface area contributed by atoms with Gasteiger partial charge < -0.3 is 89.5 Å². The number of aliphatic hydroxyl groups excluding tert-OH is 4. The number of hydrogen-bond donors (Lipinski definition) is 16. The van der Waals surface area contributed by atoms with Gasteiger partial charge in [-0.15, -0.1) is 0 Å². The van der Waals surface area contributed by atoms with E-state index in [2.05, 4.69) is 52.8 Å². The number of esters is 1. The zero-order valence-corrected chi connectivity index (χ0v) is 48.8. The Hall–Kier alpha value is -8.15. The molecule has 1 aliphatic heterocycles. The number of hydrogen-bond acceptors (Lipinski definition) is 18. The van der Waals surface area contributed by atoms with Crippen LogP contribution in [0.5, 0.6) is 0 Å². The lowest BCUT2D eigenvalue weighted by atomic mass is 9.95. The molecule has 3 aromatic rings. The van der Waals surface area contributed by atoms with E-state index in [0.29, 0.717) is 22.9 Å². The third-order valence-corrected chi connectivity index (χ3v) is 14.3. The van der Waals surface area contributed by atoms with Crippen molar-refractivity contribution in [2.45, 2.75) is 154 Å². The predicted molar refractivity (Wildman–Crippen MR) is 307 cm³/mol. The van der Waals surface area contributed by atoms with Crippen molar-refractivity contribution in [3.63, 3.8) is 0 Å². The molecule has 13 atom stereocenters.